The van der Waals surface area contributed by atoms with Crippen LogP contribution in [0.5, 0.6) is 5.75 Å². The first-order valence-electron chi connectivity index (χ1n) is 6.17. The average Bonchev–Trinajstić information content (AvgIpc) is 2.86. The maximum absolute atomic E-state index is 12.3. The van der Waals surface area contributed by atoms with Crippen LogP contribution in [0.3, 0.4) is 0 Å². The van der Waals surface area contributed by atoms with E-state index in [0.29, 0.717) is 17.0 Å². The molecule has 1 heterocycles. The van der Waals surface area contributed by atoms with Crippen molar-refractivity contribution < 1.29 is 9.53 Å². The van der Waals surface area contributed by atoms with Gasteiger partial charge in [-0.25, -0.2) is 4.98 Å². The van der Waals surface area contributed by atoms with Gasteiger partial charge < -0.3 is 15.8 Å². The van der Waals surface area contributed by atoms with Gasteiger partial charge in [0.2, 0.25) is 0 Å². The highest BCUT2D eigenvalue weighted by Crippen LogP contribution is 2.22. The Morgan fingerprint density at radius 1 is 1.50 bits per heavy atom. The molecule has 2 rings (SSSR count). The number of anilines is 1. The Morgan fingerprint density at radius 3 is 2.85 bits per heavy atom. The normalized spacial score (nSPS) is 11.9. The Hall–Kier alpha value is -2.08. The zero-order valence-corrected chi connectivity index (χ0v) is 12.5. The summed E-state index contributed by atoms with van der Waals surface area (Å²) in [5.41, 5.74) is 7.61. The third-order valence-electron chi connectivity index (χ3n) is 2.86. The van der Waals surface area contributed by atoms with Crippen molar-refractivity contribution in [2.75, 3.05) is 12.8 Å². The van der Waals surface area contributed by atoms with Crippen molar-refractivity contribution >= 4 is 22.9 Å². The molecule has 0 aliphatic heterocycles. The van der Waals surface area contributed by atoms with Gasteiger partial charge in [-0.05, 0) is 32.0 Å². The summed E-state index contributed by atoms with van der Waals surface area (Å²) >= 11 is 1.52. The highest BCUT2D eigenvalue weighted by molar-refractivity contribution is 7.09. The molecular formula is C14H17N3O2S. The Bertz CT molecular complexity index is 625. The second kappa shape index (κ2) is 5.92. The van der Waals surface area contributed by atoms with Gasteiger partial charge in [0.25, 0.3) is 5.91 Å². The summed E-state index contributed by atoms with van der Waals surface area (Å²) in [6.45, 7) is 3.82. The summed E-state index contributed by atoms with van der Waals surface area (Å²) in [5, 5.41) is 5.72. The summed E-state index contributed by atoms with van der Waals surface area (Å²) in [7, 11) is 1.55. The van der Waals surface area contributed by atoms with Gasteiger partial charge in [0.1, 0.15) is 10.8 Å². The number of carbonyl (C=O) groups is 1. The van der Waals surface area contributed by atoms with Crippen molar-refractivity contribution in [2.45, 2.75) is 19.9 Å². The van der Waals surface area contributed by atoms with Gasteiger partial charge in [0.15, 0.2) is 0 Å². The van der Waals surface area contributed by atoms with Gasteiger partial charge in [-0.3, -0.25) is 4.79 Å². The van der Waals surface area contributed by atoms with Gasteiger partial charge >= 0.3 is 0 Å². The molecule has 20 heavy (non-hydrogen) atoms. The van der Waals surface area contributed by atoms with Crippen molar-refractivity contribution in [1.82, 2.24) is 10.3 Å². The third kappa shape index (κ3) is 3.08. The van der Waals surface area contributed by atoms with Crippen molar-refractivity contribution in [2.24, 2.45) is 0 Å². The third-order valence-corrected chi connectivity index (χ3v) is 4.01. The highest BCUT2D eigenvalue weighted by Gasteiger charge is 2.16. The number of aromatic nitrogens is 1. The van der Waals surface area contributed by atoms with E-state index < -0.39 is 0 Å². The lowest BCUT2D eigenvalue weighted by Gasteiger charge is -2.13. The second-order valence-corrected chi connectivity index (χ2v) is 5.37. The molecule has 0 radical (unpaired) electrons. The van der Waals surface area contributed by atoms with E-state index in [0.717, 1.165) is 10.7 Å². The highest BCUT2D eigenvalue weighted by atomic mass is 32.1. The first kappa shape index (κ1) is 14.3. The fraction of sp³-hybridized carbons (Fsp3) is 0.286. The van der Waals surface area contributed by atoms with Gasteiger partial charge in [-0.2, -0.15) is 0 Å². The van der Waals surface area contributed by atoms with E-state index in [-0.39, 0.29) is 11.9 Å². The lowest BCUT2D eigenvalue weighted by molar-refractivity contribution is 0.0940. The molecule has 2 aromatic rings. The van der Waals surface area contributed by atoms with E-state index in [1.165, 1.54) is 11.3 Å². The topological polar surface area (TPSA) is 77.2 Å². The lowest BCUT2D eigenvalue weighted by Crippen LogP contribution is -2.27. The Labute approximate surface area is 121 Å². The minimum Gasteiger partial charge on any atom is -0.497 e. The minimum absolute atomic E-state index is 0.160. The number of nitrogens with one attached hydrogen (secondary N) is 1. The van der Waals surface area contributed by atoms with Crippen molar-refractivity contribution in [3.63, 3.8) is 0 Å². The summed E-state index contributed by atoms with van der Waals surface area (Å²) in [5.74, 6) is 0.365. The molecule has 0 aliphatic carbocycles. The number of benzene rings is 1. The quantitative estimate of drug-likeness (QED) is 0.849. The number of ether oxygens (including phenoxy) is 1. The van der Waals surface area contributed by atoms with Crippen LogP contribution < -0.4 is 15.8 Å². The van der Waals surface area contributed by atoms with E-state index in [1.807, 2.05) is 19.2 Å². The average molecular weight is 291 g/mol. The first-order chi connectivity index (χ1) is 9.51. The number of hydrogen-bond acceptors (Lipinski definition) is 5. The second-order valence-electron chi connectivity index (χ2n) is 4.48. The molecule has 1 aromatic carbocycles. The van der Waals surface area contributed by atoms with Crippen molar-refractivity contribution in [3.05, 3.63) is 39.8 Å². The standard InChI is InChI=1S/C14H17N3O2S/c1-8-7-20-14(16-8)9(2)17-13(18)11-6-10(19-3)4-5-12(11)15/h4-7,9H,15H2,1-3H3,(H,17,18). The molecule has 0 bridgehead atoms. The maximum atomic E-state index is 12.3. The number of thiazole rings is 1. The van der Waals surface area contributed by atoms with Crippen LogP contribution in [-0.2, 0) is 0 Å². The number of nitrogens with two attached hydrogens (primary N) is 1. The summed E-state index contributed by atoms with van der Waals surface area (Å²) < 4.78 is 5.11. The van der Waals surface area contributed by atoms with E-state index >= 15 is 0 Å². The molecule has 1 amide bonds. The van der Waals surface area contributed by atoms with E-state index in [4.69, 9.17) is 10.5 Å². The van der Waals surface area contributed by atoms with E-state index in [2.05, 4.69) is 10.3 Å². The van der Waals surface area contributed by atoms with Crippen LogP contribution in [0.4, 0.5) is 5.69 Å². The summed E-state index contributed by atoms with van der Waals surface area (Å²) in [6.07, 6.45) is 0. The fourth-order valence-electron chi connectivity index (χ4n) is 1.77. The molecule has 3 N–H and O–H groups in total. The van der Waals surface area contributed by atoms with Crippen molar-refractivity contribution in [1.29, 1.82) is 0 Å². The van der Waals surface area contributed by atoms with Crippen LogP contribution in [0.15, 0.2) is 23.6 Å². The SMILES string of the molecule is COc1ccc(N)c(C(=O)NC(C)c2nc(C)cs2)c1. The molecular weight excluding hydrogens is 274 g/mol. The number of methoxy groups -OCH3 is 1. The van der Waals surface area contributed by atoms with Gasteiger partial charge in [-0.1, -0.05) is 0 Å². The summed E-state index contributed by atoms with van der Waals surface area (Å²) in [6, 6.07) is 4.85. The molecule has 6 heteroatoms. The minimum atomic E-state index is -0.234. The summed E-state index contributed by atoms with van der Waals surface area (Å²) in [4.78, 5) is 16.6. The number of amides is 1. The van der Waals surface area contributed by atoms with Crippen LogP contribution in [-0.4, -0.2) is 18.0 Å². The molecule has 0 fully saturated rings. The van der Waals surface area contributed by atoms with Crippen LogP contribution in [0.2, 0.25) is 0 Å². The molecule has 0 spiro atoms. The zero-order chi connectivity index (χ0) is 14.7. The maximum Gasteiger partial charge on any atom is 0.254 e. The van der Waals surface area contributed by atoms with Gasteiger partial charge in [0.05, 0.1) is 18.7 Å². The predicted molar refractivity (Wildman–Crippen MR) is 80.1 cm³/mol. The monoisotopic (exact) mass is 291 g/mol. The van der Waals surface area contributed by atoms with Gasteiger partial charge in [-0.15, -0.1) is 11.3 Å². The number of rotatable bonds is 4. The molecule has 1 atom stereocenters. The number of hydrogen-bond donors (Lipinski definition) is 2. The van der Waals surface area contributed by atoms with Crippen LogP contribution >= 0.6 is 11.3 Å². The van der Waals surface area contributed by atoms with Crippen LogP contribution in [0, 0.1) is 6.92 Å². The van der Waals surface area contributed by atoms with Crippen LogP contribution in [0.1, 0.15) is 34.0 Å². The van der Waals surface area contributed by atoms with Crippen molar-refractivity contribution in [3.8, 4) is 5.75 Å². The Kier molecular flexibility index (Phi) is 4.24. The van der Waals surface area contributed by atoms with E-state index in [1.54, 1.807) is 25.3 Å². The lowest BCUT2D eigenvalue weighted by atomic mass is 10.1. The molecule has 0 saturated heterocycles. The number of nitrogens with zero attached hydrogens (tertiary/aromatic N) is 1. The van der Waals surface area contributed by atoms with Crippen LogP contribution in [0.25, 0.3) is 0 Å². The first-order valence-corrected chi connectivity index (χ1v) is 7.05. The predicted octanol–water partition coefficient (Wildman–Crippen LogP) is 2.53. The molecule has 0 aliphatic rings. The Balaban J connectivity index is 2.15. The van der Waals surface area contributed by atoms with Gasteiger partial charge in [0, 0.05) is 16.8 Å². The number of aryl methyl sites for hydroxylation is 1. The largest absolute Gasteiger partial charge is 0.497 e. The molecule has 106 valence electrons. The Morgan fingerprint density at radius 2 is 2.25 bits per heavy atom. The fourth-order valence-corrected chi connectivity index (χ4v) is 2.57. The smallest absolute Gasteiger partial charge is 0.254 e. The molecule has 5 nitrogen and oxygen atoms in total. The van der Waals surface area contributed by atoms with E-state index in [9.17, 15) is 4.79 Å². The zero-order valence-electron chi connectivity index (χ0n) is 11.6. The molecule has 0 saturated carbocycles. The number of nitrogen functional groups attached to an aromatic ring is 1. The molecule has 1 unspecified atom stereocenters. The molecule has 1 aromatic heterocycles. The number of carbonyl (C=O) groups excluding carboxylic acids is 1.